The molecule has 0 N–H and O–H groups in total. The highest BCUT2D eigenvalue weighted by Gasteiger charge is 2.21. The fourth-order valence-corrected chi connectivity index (χ4v) is 1.99. The number of aromatic nitrogens is 1. The van der Waals surface area contributed by atoms with E-state index in [1.807, 2.05) is 24.3 Å². The third-order valence-corrected chi connectivity index (χ3v) is 2.71. The maximum atomic E-state index is 5.68. The Morgan fingerprint density at radius 2 is 2.44 bits per heavy atom. The third-order valence-electron chi connectivity index (χ3n) is 2.71. The molecule has 0 bridgehead atoms. The molecule has 82 valence electrons. The van der Waals surface area contributed by atoms with E-state index < -0.39 is 0 Å². The Balaban J connectivity index is 2.21. The molecule has 4 heteroatoms. The van der Waals surface area contributed by atoms with E-state index in [-0.39, 0.29) is 0 Å². The quantitative estimate of drug-likeness (QED) is 0.721. The topological polar surface area (TPSA) is 38.5 Å². The predicted molar refractivity (Wildman–Crippen MR) is 61.9 cm³/mol. The molecular weight excluding hydrogens is 204 g/mol. The van der Waals surface area contributed by atoms with E-state index in [1.165, 1.54) is 0 Å². The largest absolute Gasteiger partial charge is 0.491 e. The zero-order chi connectivity index (χ0) is 11.0. The van der Waals surface area contributed by atoms with Crippen molar-refractivity contribution >= 4 is 16.8 Å². The summed E-state index contributed by atoms with van der Waals surface area (Å²) < 4.78 is 11.0. The molecule has 2 aromatic rings. The van der Waals surface area contributed by atoms with E-state index in [2.05, 4.69) is 16.6 Å². The van der Waals surface area contributed by atoms with Crippen molar-refractivity contribution in [2.75, 3.05) is 24.6 Å². The highest BCUT2D eigenvalue weighted by molar-refractivity contribution is 5.94. The van der Waals surface area contributed by atoms with Gasteiger partial charge in [-0.25, -0.2) is 0 Å². The second-order valence-corrected chi connectivity index (χ2v) is 3.72. The molecule has 0 amide bonds. The third kappa shape index (κ3) is 1.26. The minimum absolute atomic E-state index is 0.656. The fraction of sp³-hybridized carbons (Fsp3) is 0.250. The van der Waals surface area contributed by atoms with Crippen LogP contribution in [0.25, 0.3) is 11.0 Å². The second-order valence-electron chi connectivity index (χ2n) is 3.72. The summed E-state index contributed by atoms with van der Waals surface area (Å²) in [5.41, 5.74) is 0.767. The molecule has 0 fully saturated rings. The maximum absolute atomic E-state index is 5.68. The van der Waals surface area contributed by atoms with Gasteiger partial charge in [0.2, 0.25) is 0 Å². The van der Waals surface area contributed by atoms with Crippen LogP contribution in [0.2, 0.25) is 0 Å². The van der Waals surface area contributed by atoms with Gasteiger partial charge in [0.1, 0.15) is 17.7 Å². The number of nitrogens with zero attached hydrogens (tertiary/aromatic N) is 2. The summed E-state index contributed by atoms with van der Waals surface area (Å²) in [5.74, 6) is 1.70. The average Bonchev–Trinajstić information content (AvgIpc) is 2.64. The van der Waals surface area contributed by atoms with E-state index in [0.717, 1.165) is 35.6 Å². The molecule has 16 heavy (non-hydrogen) atoms. The van der Waals surface area contributed by atoms with Crippen molar-refractivity contribution in [3.63, 3.8) is 0 Å². The van der Waals surface area contributed by atoms with Crippen LogP contribution in [0.15, 0.2) is 35.4 Å². The second kappa shape index (κ2) is 3.56. The molecule has 2 heterocycles. The van der Waals surface area contributed by atoms with Crippen LogP contribution >= 0.6 is 0 Å². The molecule has 1 aromatic heterocycles. The summed E-state index contributed by atoms with van der Waals surface area (Å²) in [4.78, 5) is 2.11. The molecule has 1 aromatic carbocycles. The average molecular weight is 216 g/mol. The molecule has 4 nitrogen and oxygen atoms in total. The Bertz CT molecular complexity index is 533. The first-order valence-electron chi connectivity index (χ1n) is 5.27. The van der Waals surface area contributed by atoms with E-state index in [4.69, 9.17) is 9.26 Å². The van der Waals surface area contributed by atoms with Crippen molar-refractivity contribution in [2.45, 2.75) is 0 Å². The number of hydrogen-bond donors (Lipinski definition) is 0. The van der Waals surface area contributed by atoms with Crippen molar-refractivity contribution < 1.29 is 9.26 Å². The molecule has 1 aliphatic rings. The molecule has 0 spiro atoms. The summed E-state index contributed by atoms with van der Waals surface area (Å²) in [7, 11) is 0. The molecule has 0 saturated carbocycles. The Morgan fingerprint density at radius 1 is 1.50 bits per heavy atom. The van der Waals surface area contributed by atoms with Crippen LogP contribution < -0.4 is 9.64 Å². The lowest BCUT2D eigenvalue weighted by Gasteiger charge is -2.17. The summed E-state index contributed by atoms with van der Waals surface area (Å²) in [5, 5.41) is 5.07. The molecule has 0 radical (unpaired) electrons. The van der Waals surface area contributed by atoms with E-state index >= 15 is 0 Å². The van der Waals surface area contributed by atoms with Crippen LogP contribution in [0, 0.1) is 0 Å². The fourth-order valence-electron chi connectivity index (χ4n) is 1.99. The van der Waals surface area contributed by atoms with Gasteiger partial charge in [0.15, 0.2) is 11.4 Å². The van der Waals surface area contributed by atoms with Gasteiger partial charge in [0, 0.05) is 6.54 Å². The van der Waals surface area contributed by atoms with Gasteiger partial charge in [-0.15, -0.1) is 6.58 Å². The van der Waals surface area contributed by atoms with Crippen molar-refractivity contribution in [2.24, 2.45) is 0 Å². The molecule has 0 aliphatic carbocycles. The summed E-state index contributed by atoms with van der Waals surface area (Å²) in [6.07, 6.45) is 1.86. The molecule has 0 atom stereocenters. The van der Waals surface area contributed by atoms with Crippen LogP contribution in [-0.2, 0) is 0 Å². The van der Waals surface area contributed by atoms with Crippen LogP contribution in [0.3, 0.4) is 0 Å². The minimum atomic E-state index is 0.656. The van der Waals surface area contributed by atoms with Gasteiger partial charge >= 0.3 is 0 Å². The number of benzene rings is 1. The van der Waals surface area contributed by atoms with Crippen LogP contribution in [0.1, 0.15) is 0 Å². The first kappa shape index (κ1) is 9.27. The predicted octanol–water partition coefficient (Wildman–Crippen LogP) is 2.21. The SMILES string of the molecule is C=CCN1CCOc2cccc3onc1c23. The highest BCUT2D eigenvalue weighted by Crippen LogP contribution is 2.35. The van der Waals surface area contributed by atoms with Crippen molar-refractivity contribution in [3.8, 4) is 5.75 Å². The number of hydrogen-bond acceptors (Lipinski definition) is 4. The van der Waals surface area contributed by atoms with Crippen molar-refractivity contribution in [1.82, 2.24) is 5.16 Å². The molecule has 0 saturated heterocycles. The lowest BCUT2D eigenvalue weighted by molar-refractivity contribution is 0.330. The van der Waals surface area contributed by atoms with Gasteiger partial charge in [0.05, 0.1) is 6.54 Å². The van der Waals surface area contributed by atoms with Crippen LogP contribution in [-0.4, -0.2) is 24.9 Å². The Labute approximate surface area is 93.1 Å². The van der Waals surface area contributed by atoms with Crippen molar-refractivity contribution in [1.29, 1.82) is 0 Å². The van der Waals surface area contributed by atoms with Gasteiger partial charge in [-0.1, -0.05) is 17.3 Å². The number of anilines is 1. The van der Waals surface area contributed by atoms with Crippen LogP contribution in [0.4, 0.5) is 5.82 Å². The summed E-state index contributed by atoms with van der Waals surface area (Å²) in [6, 6.07) is 5.76. The minimum Gasteiger partial charge on any atom is -0.491 e. The smallest absolute Gasteiger partial charge is 0.184 e. The number of ether oxygens (including phenoxy) is 1. The van der Waals surface area contributed by atoms with Gasteiger partial charge in [-0.05, 0) is 12.1 Å². The zero-order valence-corrected chi connectivity index (χ0v) is 8.85. The molecular formula is C12H12N2O2. The van der Waals surface area contributed by atoms with Gasteiger partial charge in [-0.3, -0.25) is 0 Å². The van der Waals surface area contributed by atoms with Gasteiger partial charge < -0.3 is 14.2 Å². The summed E-state index contributed by atoms with van der Waals surface area (Å²) in [6.45, 7) is 5.95. The summed E-state index contributed by atoms with van der Waals surface area (Å²) >= 11 is 0. The van der Waals surface area contributed by atoms with Crippen LogP contribution in [0.5, 0.6) is 5.75 Å². The number of rotatable bonds is 2. The zero-order valence-electron chi connectivity index (χ0n) is 8.85. The normalized spacial score (nSPS) is 14.6. The standard InChI is InChI=1S/C12H12N2O2/c1-2-6-14-7-8-15-9-4-3-5-10-11(9)12(14)13-16-10/h2-5H,1,6-8H2. The maximum Gasteiger partial charge on any atom is 0.184 e. The Morgan fingerprint density at radius 3 is 3.31 bits per heavy atom. The lowest BCUT2D eigenvalue weighted by Crippen LogP contribution is -2.27. The monoisotopic (exact) mass is 216 g/mol. The molecule has 1 aliphatic heterocycles. The van der Waals surface area contributed by atoms with E-state index in [1.54, 1.807) is 0 Å². The van der Waals surface area contributed by atoms with Gasteiger partial charge in [0.25, 0.3) is 0 Å². The van der Waals surface area contributed by atoms with E-state index in [0.29, 0.717) is 6.61 Å². The van der Waals surface area contributed by atoms with E-state index in [9.17, 15) is 0 Å². The molecule has 3 rings (SSSR count). The lowest BCUT2D eigenvalue weighted by atomic mass is 10.2. The molecule has 0 unspecified atom stereocenters. The van der Waals surface area contributed by atoms with Crippen molar-refractivity contribution in [3.05, 3.63) is 30.9 Å². The Kier molecular flexibility index (Phi) is 2.06. The Hall–Kier alpha value is -1.97. The van der Waals surface area contributed by atoms with Gasteiger partial charge in [-0.2, -0.15) is 0 Å². The first-order chi connectivity index (χ1) is 7.90. The first-order valence-corrected chi connectivity index (χ1v) is 5.27. The highest BCUT2D eigenvalue weighted by atomic mass is 16.5.